The topological polar surface area (TPSA) is 15.3 Å². The Bertz CT molecular complexity index is 344. The largest absolute Gasteiger partial charge is 0.374 e. The fourth-order valence-corrected chi connectivity index (χ4v) is 2.27. The third-order valence-electron chi connectivity index (χ3n) is 3.62. The molecule has 1 fully saturated rings. The molecule has 1 aliphatic rings. The summed E-state index contributed by atoms with van der Waals surface area (Å²) < 4.78 is 0. The van der Waals surface area contributed by atoms with E-state index >= 15 is 0 Å². The van der Waals surface area contributed by atoms with E-state index in [9.17, 15) is 0 Å². The van der Waals surface area contributed by atoms with Crippen LogP contribution >= 0.6 is 0 Å². The van der Waals surface area contributed by atoms with Crippen molar-refractivity contribution in [3.05, 3.63) is 29.8 Å². The van der Waals surface area contributed by atoms with Gasteiger partial charge in [0.25, 0.3) is 0 Å². The molecule has 2 heteroatoms. The lowest BCUT2D eigenvalue weighted by atomic mass is 9.88. The fourth-order valence-electron chi connectivity index (χ4n) is 2.27. The van der Waals surface area contributed by atoms with Crippen LogP contribution in [0.5, 0.6) is 0 Å². The molecule has 0 bridgehead atoms. The van der Waals surface area contributed by atoms with Gasteiger partial charge in [-0.1, -0.05) is 19.1 Å². The Balaban J connectivity index is 1.93. The molecule has 88 valence electrons. The second-order valence-electron chi connectivity index (χ2n) is 5.12. The number of aryl methyl sites for hydroxylation is 1. The lowest BCUT2D eigenvalue weighted by molar-refractivity contribution is 0.252. The number of nitrogens with zero attached hydrogens (tertiary/aromatic N) is 1. The summed E-state index contributed by atoms with van der Waals surface area (Å²) in [5, 5.41) is 3.35. The van der Waals surface area contributed by atoms with E-state index in [-0.39, 0.29) is 0 Å². The van der Waals surface area contributed by atoms with E-state index in [2.05, 4.69) is 55.4 Å². The minimum atomic E-state index is 0.770. The number of rotatable bonds is 4. The van der Waals surface area contributed by atoms with Crippen molar-refractivity contribution in [3.63, 3.8) is 0 Å². The number of nitrogens with one attached hydrogen (secondary N) is 1. The maximum atomic E-state index is 3.35. The van der Waals surface area contributed by atoms with Gasteiger partial charge < -0.3 is 10.2 Å². The Labute approximate surface area is 98.7 Å². The van der Waals surface area contributed by atoms with Crippen molar-refractivity contribution < 1.29 is 0 Å². The normalized spacial score (nSPS) is 17.9. The Kier molecular flexibility index (Phi) is 3.49. The predicted octanol–water partition coefficient (Wildman–Crippen LogP) is 2.29. The van der Waals surface area contributed by atoms with E-state index in [1.807, 2.05) is 0 Å². The average Bonchev–Trinajstić information content (AvgIpc) is 2.14. The van der Waals surface area contributed by atoms with Gasteiger partial charge in [-0.25, -0.2) is 0 Å². The molecule has 1 atom stereocenters. The Morgan fingerprint density at radius 2 is 2.19 bits per heavy atom. The molecular formula is C14H22N2. The molecule has 1 unspecified atom stereocenters. The van der Waals surface area contributed by atoms with Crippen molar-refractivity contribution in [2.45, 2.75) is 13.8 Å². The van der Waals surface area contributed by atoms with Crippen LogP contribution in [-0.2, 0) is 0 Å². The highest BCUT2D eigenvalue weighted by molar-refractivity contribution is 5.47. The summed E-state index contributed by atoms with van der Waals surface area (Å²) in [5.41, 5.74) is 2.67. The Hall–Kier alpha value is -1.02. The molecule has 0 radical (unpaired) electrons. The number of benzene rings is 1. The molecule has 0 aliphatic carbocycles. The molecule has 0 spiro atoms. The summed E-state index contributed by atoms with van der Waals surface area (Å²) in [6.45, 7) is 8.05. The first kappa shape index (κ1) is 11.5. The second-order valence-corrected chi connectivity index (χ2v) is 5.12. The molecule has 2 nitrogen and oxygen atoms in total. The molecule has 1 aromatic carbocycles. The summed E-state index contributed by atoms with van der Waals surface area (Å²) in [6, 6.07) is 8.73. The number of hydrogen-bond donors (Lipinski definition) is 1. The van der Waals surface area contributed by atoms with Crippen molar-refractivity contribution in [3.8, 4) is 0 Å². The first-order valence-electron chi connectivity index (χ1n) is 6.15. The minimum absolute atomic E-state index is 0.770. The lowest BCUT2D eigenvalue weighted by Gasteiger charge is -2.35. The smallest absolute Gasteiger partial charge is 0.0366 e. The highest BCUT2D eigenvalue weighted by atomic mass is 15.1. The van der Waals surface area contributed by atoms with Gasteiger partial charge in [-0.15, -0.1) is 0 Å². The number of hydrogen-bond acceptors (Lipinski definition) is 2. The van der Waals surface area contributed by atoms with Crippen LogP contribution in [0, 0.1) is 18.8 Å². The van der Waals surface area contributed by atoms with E-state index in [0.717, 1.165) is 18.4 Å². The maximum absolute atomic E-state index is 3.35. The zero-order valence-corrected chi connectivity index (χ0v) is 10.5. The van der Waals surface area contributed by atoms with Gasteiger partial charge in [0.15, 0.2) is 0 Å². The van der Waals surface area contributed by atoms with Crippen LogP contribution in [-0.4, -0.2) is 26.7 Å². The Morgan fingerprint density at radius 3 is 2.75 bits per heavy atom. The van der Waals surface area contributed by atoms with Crippen molar-refractivity contribution in [2.24, 2.45) is 11.8 Å². The SMILES string of the molecule is Cc1cccc(N(C)CC(C)C2CNC2)c1. The molecule has 2 rings (SSSR count). The van der Waals surface area contributed by atoms with Gasteiger partial charge in [-0.3, -0.25) is 0 Å². The van der Waals surface area contributed by atoms with Gasteiger partial charge in [0.2, 0.25) is 0 Å². The highest BCUT2D eigenvalue weighted by Crippen LogP contribution is 2.20. The van der Waals surface area contributed by atoms with Gasteiger partial charge in [0.05, 0.1) is 0 Å². The molecular weight excluding hydrogens is 196 g/mol. The molecule has 1 heterocycles. The van der Waals surface area contributed by atoms with Gasteiger partial charge in [-0.2, -0.15) is 0 Å². The number of anilines is 1. The maximum Gasteiger partial charge on any atom is 0.0366 e. The average molecular weight is 218 g/mol. The van der Waals surface area contributed by atoms with Crippen molar-refractivity contribution in [1.82, 2.24) is 5.32 Å². The molecule has 1 saturated heterocycles. The van der Waals surface area contributed by atoms with Crippen LogP contribution in [0.15, 0.2) is 24.3 Å². The lowest BCUT2D eigenvalue weighted by Crippen LogP contribution is -2.47. The standard InChI is InChI=1S/C14H22N2/c1-11-5-4-6-14(7-11)16(3)10-12(2)13-8-15-9-13/h4-7,12-13,15H,8-10H2,1-3H3. The van der Waals surface area contributed by atoms with Crippen LogP contribution in [0.2, 0.25) is 0 Å². The summed E-state index contributed by atoms with van der Waals surface area (Å²) in [4.78, 5) is 2.37. The van der Waals surface area contributed by atoms with Crippen LogP contribution < -0.4 is 10.2 Å². The molecule has 16 heavy (non-hydrogen) atoms. The molecule has 1 N–H and O–H groups in total. The van der Waals surface area contributed by atoms with Gasteiger partial charge in [-0.05, 0) is 49.5 Å². The van der Waals surface area contributed by atoms with Crippen LogP contribution in [0.25, 0.3) is 0 Å². The zero-order valence-electron chi connectivity index (χ0n) is 10.5. The van der Waals surface area contributed by atoms with E-state index in [4.69, 9.17) is 0 Å². The van der Waals surface area contributed by atoms with Crippen molar-refractivity contribution in [2.75, 3.05) is 31.6 Å². The third kappa shape index (κ3) is 2.56. The Morgan fingerprint density at radius 1 is 1.44 bits per heavy atom. The van der Waals surface area contributed by atoms with Gasteiger partial charge in [0.1, 0.15) is 0 Å². The molecule has 0 aromatic heterocycles. The first-order chi connectivity index (χ1) is 7.66. The van der Waals surface area contributed by atoms with Crippen molar-refractivity contribution >= 4 is 5.69 Å². The third-order valence-corrected chi connectivity index (χ3v) is 3.62. The van der Waals surface area contributed by atoms with Gasteiger partial charge in [0, 0.05) is 19.3 Å². The monoisotopic (exact) mass is 218 g/mol. The van der Waals surface area contributed by atoms with Crippen LogP contribution in [0.4, 0.5) is 5.69 Å². The summed E-state index contributed by atoms with van der Waals surface area (Å²) in [6.07, 6.45) is 0. The van der Waals surface area contributed by atoms with E-state index < -0.39 is 0 Å². The highest BCUT2D eigenvalue weighted by Gasteiger charge is 2.24. The quantitative estimate of drug-likeness (QED) is 0.834. The molecule has 1 aliphatic heterocycles. The fraction of sp³-hybridized carbons (Fsp3) is 0.571. The minimum Gasteiger partial charge on any atom is -0.374 e. The van der Waals surface area contributed by atoms with E-state index in [1.54, 1.807) is 0 Å². The molecule has 0 amide bonds. The summed E-state index contributed by atoms with van der Waals surface area (Å²) in [5.74, 6) is 1.64. The zero-order chi connectivity index (χ0) is 11.5. The van der Waals surface area contributed by atoms with E-state index in [0.29, 0.717) is 0 Å². The molecule has 1 aromatic rings. The van der Waals surface area contributed by atoms with Crippen LogP contribution in [0.3, 0.4) is 0 Å². The predicted molar refractivity (Wildman–Crippen MR) is 70.0 cm³/mol. The van der Waals surface area contributed by atoms with Crippen molar-refractivity contribution in [1.29, 1.82) is 0 Å². The summed E-state index contributed by atoms with van der Waals surface area (Å²) in [7, 11) is 2.19. The van der Waals surface area contributed by atoms with Gasteiger partial charge >= 0.3 is 0 Å². The first-order valence-corrected chi connectivity index (χ1v) is 6.15. The summed E-state index contributed by atoms with van der Waals surface area (Å²) >= 11 is 0. The molecule has 0 saturated carbocycles. The second kappa shape index (κ2) is 4.88. The van der Waals surface area contributed by atoms with Crippen LogP contribution in [0.1, 0.15) is 12.5 Å². The van der Waals surface area contributed by atoms with E-state index in [1.165, 1.54) is 24.3 Å².